The van der Waals surface area contributed by atoms with Crippen LogP contribution in [-0.2, 0) is 0 Å². The maximum atomic E-state index is 6.21. The lowest BCUT2D eigenvalue weighted by atomic mass is 9.79. The van der Waals surface area contributed by atoms with Crippen LogP contribution < -0.4 is 10.1 Å². The molecule has 0 heterocycles. The Hall–Kier alpha value is -0.730. The van der Waals surface area contributed by atoms with Crippen molar-refractivity contribution in [2.45, 2.75) is 38.6 Å². The topological polar surface area (TPSA) is 21.3 Å². The Bertz CT molecular complexity index is 390. The smallest absolute Gasteiger partial charge is 0.137 e. The van der Waals surface area contributed by atoms with Crippen LogP contribution in [0.3, 0.4) is 0 Å². The van der Waals surface area contributed by atoms with E-state index in [0.717, 1.165) is 18.2 Å². The average molecular weight is 268 g/mol. The molecule has 1 unspecified atom stereocenters. The zero-order valence-corrected chi connectivity index (χ0v) is 12.0. The van der Waals surface area contributed by atoms with Gasteiger partial charge in [-0.3, -0.25) is 0 Å². The summed E-state index contributed by atoms with van der Waals surface area (Å²) in [6.07, 6.45) is 5.38. The molecule has 1 aliphatic carbocycles. The number of hydrogen-bond acceptors (Lipinski definition) is 2. The maximum absolute atomic E-state index is 6.21. The summed E-state index contributed by atoms with van der Waals surface area (Å²) in [4.78, 5) is 0. The van der Waals surface area contributed by atoms with Crippen molar-refractivity contribution in [3.63, 3.8) is 0 Å². The first-order chi connectivity index (χ1) is 8.74. The molecule has 0 aliphatic heterocycles. The van der Waals surface area contributed by atoms with Crippen LogP contribution in [-0.4, -0.2) is 13.7 Å². The second-order valence-electron chi connectivity index (χ2n) is 5.04. The third-order valence-corrected chi connectivity index (χ3v) is 4.12. The van der Waals surface area contributed by atoms with E-state index in [0.29, 0.717) is 11.1 Å². The SMILES string of the molecule is CCNC(CC1CCC1)c1ccc(OC)c(Cl)c1. The lowest BCUT2D eigenvalue weighted by molar-refractivity contribution is 0.262. The van der Waals surface area contributed by atoms with Crippen LogP contribution in [0, 0.1) is 5.92 Å². The number of ether oxygens (including phenoxy) is 1. The van der Waals surface area contributed by atoms with Gasteiger partial charge >= 0.3 is 0 Å². The van der Waals surface area contributed by atoms with Gasteiger partial charge < -0.3 is 10.1 Å². The Kier molecular flexibility index (Phi) is 4.90. The number of rotatable bonds is 6. The molecule has 2 nitrogen and oxygen atoms in total. The number of benzene rings is 1. The van der Waals surface area contributed by atoms with Gasteiger partial charge in [-0.1, -0.05) is 43.9 Å². The van der Waals surface area contributed by atoms with Gasteiger partial charge in [-0.25, -0.2) is 0 Å². The van der Waals surface area contributed by atoms with Gasteiger partial charge in [0, 0.05) is 6.04 Å². The van der Waals surface area contributed by atoms with Gasteiger partial charge in [-0.2, -0.15) is 0 Å². The van der Waals surface area contributed by atoms with Crippen LogP contribution in [0.2, 0.25) is 5.02 Å². The minimum atomic E-state index is 0.420. The van der Waals surface area contributed by atoms with Gasteiger partial charge in [0.15, 0.2) is 0 Å². The van der Waals surface area contributed by atoms with E-state index in [4.69, 9.17) is 16.3 Å². The van der Waals surface area contributed by atoms with Crippen LogP contribution in [0.5, 0.6) is 5.75 Å². The second-order valence-corrected chi connectivity index (χ2v) is 5.44. The number of nitrogens with one attached hydrogen (secondary N) is 1. The summed E-state index contributed by atoms with van der Waals surface area (Å²) >= 11 is 6.21. The molecule has 0 spiro atoms. The minimum absolute atomic E-state index is 0.420. The van der Waals surface area contributed by atoms with Crippen LogP contribution in [0.25, 0.3) is 0 Å². The molecule has 3 heteroatoms. The fourth-order valence-electron chi connectivity index (χ4n) is 2.54. The summed E-state index contributed by atoms with van der Waals surface area (Å²) in [5.74, 6) is 1.63. The highest BCUT2D eigenvalue weighted by molar-refractivity contribution is 6.32. The molecule has 1 aromatic carbocycles. The lowest BCUT2D eigenvalue weighted by Crippen LogP contribution is -2.25. The fraction of sp³-hybridized carbons (Fsp3) is 0.600. The molecule has 100 valence electrons. The number of hydrogen-bond donors (Lipinski definition) is 1. The van der Waals surface area contributed by atoms with E-state index in [-0.39, 0.29) is 0 Å². The maximum Gasteiger partial charge on any atom is 0.137 e. The first kappa shape index (κ1) is 13.7. The molecule has 0 aromatic heterocycles. The van der Waals surface area contributed by atoms with Crippen molar-refractivity contribution in [2.24, 2.45) is 5.92 Å². The molecule has 1 aliphatic rings. The van der Waals surface area contributed by atoms with Crippen molar-refractivity contribution in [1.82, 2.24) is 5.32 Å². The molecule has 1 aromatic rings. The normalized spacial score (nSPS) is 17.3. The molecular formula is C15H22ClNO. The third kappa shape index (κ3) is 3.18. The van der Waals surface area contributed by atoms with Crippen LogP contribution in [0.15, 0.2) is 18.2 Å². The largest absolute Gasteiger partial charge is 0.495 e. The predicted octanol–water partition coefficient (Wildman–Crippen LogP) is 4.19. The standard InChI is InChI=1S/C15H22ClNO/c1-3-17-14(9-11-5-4-6-11)12-7-8-15(18-2)13(16)10-12/h7-8,10-11,14,17H,3-6,9H2,1-2H3. The van der Waals surface area contributed by atoms with Crippen molar-refractivity contribution in [2.75, 3.05) is 13.7 Å². The van der Waals surface area contributed by atoms with E-state index in [1.807, 2.05) is 12.1 Å². The van der Waals surface area contributed by atoms with Crippen molar-refractivity contribution >= 4 is 11.6 Å². The van der Waals surface area contributed by atoms with Gasteiger partial charge in [-0.05, 0) is 36.6 Å². The highest BCUT2D eigenvalue weighted by Crippen LogP contribution is 2.36. The zero-order valence-electron chi connectivity index (χ0n) is 11.2. The summed E-state index contributed by atoms with van der Waals surface area (Å²) in [5.41, 5.74) is 1.27. The quantitative estimate of drug-likeness (QED) is 0.834. The van der Waals surface area contributed by atoms with E-state index >= 15 is 0 Å². The van der Waals surface area contributed by atoms with Crippen LogP contribution in [0.4, 0.5) is 0 Å². The van der Waals surface area contributed by atoms with Crippen molar-refractivity contribution < 1.29 is 4.74 Å². The Balaban J connectivity index is 2.10. The summed E-state index contributed by atoms with van der Waals surface area (Å²) < 4.78 is 5.20. The van der Waals surface area contributed by atoms with Crippen molar-refractivity contribution in [1.29, 1.82) is 0 Å². The van der Waals surface area contributed by atoms with Gasteiger partial charge in [0.25, 0.3) is 0 Å². The molecular weight excluding hydrogens is 246 g/mol. The second kappa shape index (κ2) is 6.44. The van der Waals surface area contributed by atoms with E-state index in [1.54, 1.807) is 7.11 Å². The molecule has 1 saturated carbocycles. The van der Waals surface area contributed by atoms with E-state index in [1.165, 1.54) is 31.2 Å². The van der Waals surface area contributed by atoms with Crippen LogP contribution in [0.1, 0.15) is 44.2 Å². The molecule has 1 atom stereocenters. The summed E-state index contributed by atoms with van der Waals surface area (Å²) in [6, 6.07) is 6.54. The Labute approximate surface area is 115 Å². The highest BCUT2D eigenvalue weighted by Gasteiger charge is 2.23. The Morgan fingerprint density at radius 3 is 2.72 bits per heavy atom. The molecule has 2 rings (SSSR count). The van der Waals surface area contributed by atoms with Crippen molar-refractivity contribution in [3.8, 4) is 5.75 Å². The number of halogens is 1. The van der Waals surface area contributed by atoms with Crippen molar-refractivity contribution in [3.05, 3.63) is 28.8 Å². The Morgan fingerprint density at radius 1 is 1.44 bits per heavy atom. The summed E-state index contributed by atoms with van der Waals surface area (Å²) in [5, 5.41) is 4.26. The van der Waals surface area contributed by atoms with Gasteiger partial charge in [0.2, 0.25) is 0 Å². The third-order valence-electron chi connectivity index (χ3n) is 3.82. The fourth-order valence-corrected chi connectivity index (χ4v) is 2.81. The van der Waals surface area contributed by atoms with Crippen LogP contribution >= 0.6 is 11.6 Å². The molecule has 18 heavy (non-hydrogen) atoms. The monoisotopic (exact) mass is 267 g/mol. The number of methoxy groups -OCH3 is 1. The summed E-state index contributed by atoms with van der Waals surface area (Å²) in [7, 11) is 1.65. The predicted molar refractivity (Wildman–Crippen MR) is 76.4 cm³/mol. The lowest BCUT2D eigenvalue weighted by Gasteiger charge is -2.30. The minimum Gasteiger partial charge on any atom is -0.495 e. The molecule has 0 radical (unpaired) electrons. The average Bonchev–Trinajstić information content (AvgIpc) is 2.32. The van der Waals surface area contributed by atoms with Gasteiger partial charge in [-0.15, -0.1) is 0 Å². The van der Waals surface area contributed by atoms with E-state index in [2.05, 4.69) is 18.3 Å². The molecule has 0 bridgehead atoms. The summed E-state index contributed by atoms with van der Waals surface area (Å²) in [6.45, 7) is 3.14. The first-order valence-corrected chi connectivity index (χ1v) is 7.19. The van der Waals surface area contributed by atoms with Gasteiger partial charge in [0.05, 0.1) is 12.1 Å². The molecule has 1 fully saturated rings. The molecule has 1 N–H and O–H groups in total. The van der Waals surface area contributed by atoms with E-state index in [9.17, 15) is 0 Å². The first-order valence-electron chi connectivity index (χ1n) is 6.81. The molecule has 0 saturated heterocycles. The molecule has 0 amide bonds. The zero-order chi connectivity index (χ0) is 13.0. The highest BCUT2D eigenvalue weighted by atomic mass is 35.5. The Morgan fingerprint density at radius 2 is 2.22 bits per heavy atom. The van der Waals surface area contributed by atoms with Gasteiger partial charge in [0.1, 0.15) is 5.75 Å². The van der Waals surface area contributed by atoms with E-state index < -0.39 is 0 Å².